The van der Waals surface area contributed by atoms with Gasteiger partial charge in [0.1, 0.15) is 0 Å². The van der Waals surface area contributed by atoms with Gasteiger partial charge >= 0.3 is 0 Å². The van der Waals surface area contributed by atoms with Crippen LogP contribution in [0.3, 0.4) is 0 Å². The molecular weight excluding hydrogens is 194 g/mol. The second-order valence-corrected chi connectivity index (χ2v) is 4.36. The third kappa shape index (κ3) is 1.09. The summed E-state index contributed by atoms with van der Waals surface area (Å²) in [6.45, 7) is 0. The zero-order chi connectivity index (χ0) is 9.54. The molecule has 72 valence electrons. The molecule has 0 bridgehead atoms. The maximum absolute atomic E-state index is 6.15. The Hall–Kier alpha value is -0.950. The Morgan fingerprint density at radius 2 is 2.00 bits per heavy atom. The molecule has 1 aromatic heterocycles. The number of benzene rings is 1. The van der Waals surface area contributed by atoms with Crippen LogP contribution in [-0.2, 0) is 12.8 Å². The van der Waals surface area contributed by atoms with Crippen molar-refractivity contribution >= 4 is 22.5 Å². The van der Waals surface area contributed by atoms with Gasteiger partial charge in [0.05, 0.1) is 10.5 Å². The Bertz CT molecular complexity index is 484. The van der Waals surface area contributed by atoms with Crippen molar-refractivity contribution in [1.82, 2.24) is 4.98 Å². The summed E-state index contributed by atoms with van der Waals surface area (Å²) in [5.74, 6) is 0. The van der Waals surface area contributed by atoms with Gasteiger partial charge in [0, 0.05) is 11.1 Å². The van der Waals surface area contributed by atoms with E-state index < -0.39 is 0 Å². The van der Waals surface area contributed by atoms with E-state index in [0.29, 0.717) is 0 Å². The monoisotopic (exact) mass is 205 g/mol. The quantitative estimate of drug-likeness (QED) is 0.675. The summed E-state index contributed by atoms with van der Waals surface area (Å²) < 4.78 is 0. The van der Waals surface area contributed by atoms with E-state index in [4.69, 9.17) is 11.6 Å². The molecule has 1 aliphatic carbocycles. The molecule has 1 aliphatic rings. The zero-order valence-electron chi connectivity index (χ0n) is 7.94. The average molecular weight is 206 g/mol. The van der Waals surface area contributed by atoms with Gasteiger partial charge in [-0.25, -0.2) is 0 Å². The van der Waals surface area contributed by atoms with Crippen molar-refractivity contribution in [3.8, 4) is 0 Å². The number of aromatic nitrogens is 1. The highest BCUT2D eigenvalue weighted by molar-refractivity contribution is 6.35. The SMILES string of the molecule is Clc1cccc2c3c([nH]c12)CCCC3. The molecule has 0 radical (unpaired) electrons. The molecule has 1 nitrogen and oxygen atoms in total. The highest BCUT2D eigenvalue weighted by Gasteiger charge is 2.15. The molecule has 0 aliphatic heterocycles. The van der Waals surface area contributed by atoms with Crippen molar-refractivity contribution in [2.75, 3.05) is 0 Å². The van der Waals surface area contributed by atoms with Gasteiger partial charge < -0.3 is 4.98 Å². The fraction of sp³-hybridized carbons (Fsp3) is 0.333. The maximum Gasteiger partial charge on any atom is 0.0648 e. The summed E-state index contributed by atoms with van der Waals surface area (Å²) in [7, 11) is 0. The number of rotatable bonds is 0. The number of halogens is 1. The van der Waals surface area contributed by atoms with Crippen molar-refractivity contribution in [3.05, 3.63) is 34.5 Å². The number of hydrogen-bond donors (Lipinski definition) is 1. The Kier molecular flexibility index (Phi) is 1.81. The van der Waals surface area contributed by atoms with E-state index in [-0.39, 0.29) is 0 Å². The van der Waals surface area contributed by atoms with Crippen LogP contribution in [0.4, 0.5) is 0 Å². The van der Waals surface area contributed by atoms with E-state index in [1.54, 1.807) is 0 Å². The van der Waals surface area contributed by atoms with Crippen LogP contribution in [0.5, 0.6) is 0 Å². The predicted octanol–water partition coefficient (Wildman–Crippen LogP) is 3.70. The minimum absolute atomic E-state index is 0.844. The molecule has 2 heteroatoms. The first-order valence-corrected chi connectivity index (χ1v) is 5.52. The topological polar surface area (TPSA) is 15.8 Å². The second-order valence-electron chi connectivity index (χ2n) is 3.95. The van der Waals surface area contributed by atoms with E-state index in [9.17, 15) is 0 Å². The molecule has 1 N–H and O–H groups in total. The maximum atomic E-state index is 6.15. The minimum Gasteiger partial charge on any atom is -0.357 e. The van der Waals surface area contributed by atoms with E-state index in [1.165, 1.54) is 42.3 Å². The molecule has 0 atom stereocenters. The number of hydrogen-bond acceptors (Lipinski definition) is 0. The number of fused-ring (bicyclic) bond motifs is 3. The lowest BCUT2D eigenvalue weighted by Gasteiger charge is -2.10. The van der Waals surface area contributed by atoms with Crippen LogP contribution in [0.15, 0.2) is 18.2 Å². The molecule has 0 amide bonds. The predicted molar refractivity (Wildman–Crippen MR) is 60.0 cm³/mol. The molecule has 0 spiro atoms. The van der Waals surface area contributed by atoms with Crippen molar-refractivity contribution in [2.45, 2.75) is 25.7 Å². The number of nitrogens with one attached hydrogen (secondary N) is 1. The van der Waals surface area contributed by atoms with Gasteiger partial charge in [0.2, 0.25) is 0 Å². The average Bonchev–Trinajstić information content (AvgIpc) is 2.59. The van der Waals surface area contributed by atoms with Gasteiger partial charge in [-0.1, -0.05) is 23.7 Å². The van der Waals surface area contributed by atoms with Crippen molar-refractivity contribution in [1.29, 1.82) is 0 Å². The first kappa shape index (κ1) is 8.37. The van der Waals surface area contributed by atoms with Crippen LogP contribution in [0.2, 0.25) is 5.02 Å². The largest absolute Gasteiger partial charge is 0.357 e. The normalized spacial score (nSPS) is 15.8. The fourth-order valence-electron chi connectivity index (χ4n) is 2.39. The molecule has 0 saturated carbocycles. The standard InChI is InChI=1S/C12H12ClN/c13-10-6-3-5-9-8-4-1-2-7-11(8)14-12(9)10/h3,5-6,14H,1-2,4,7H2. The number of aromatic amines is 1. The van der Waals surface area contributed by atoms with Gasteiger partial charge in [-0.15, -0.1) is 0 Å². The lowest BCUT2D eigenvalue weighted by Crippen LogP contribution is -1.99. The van der Waals surface area contributed by atoms with Gasteiger partial charge in [-0.3, -0.25) is 0 Å². The summed E-state index contributed by atoms with van der Waals surface area (Å²) in [5, 5.41) is 2.17. The first-order chi connectivity index (χ1) is 6.86. The summed E-state index contributed by atoms with van der Waals surface area (Å²) in [5.41, 5.74) is 4.02. The Balaban J connectivity index is 2.36. The summed E-state index contributed by atoms with van der Waals surface area (Å²) in [4.78, 5) is 3.45. The van der Waals surface area contributed by atoms with Crippen molar-refractivity contribution in [2.24, 2.45) is 0 Å². The van der Waals surface area contributed by atoms with E-state index >= 15 is 0 Å². The Labute approximate surface area is 88.1 Å². The molecule has 3 rings (SSSR count). The van der Waals surface area contributed by atoms with Crippen LogP contribution in [0.1, 0.15) is 24.1 Å². The molecule has 1 heterocycles. The number of aryl methyl sites for hydroxylation is 2. The summed E-state index contributed by atoms with van der Waals surface area (Å²) >= 11 is 6.15. The van der Waals surface area contributed by atoms with E-state index in [0.717, 1.165) is 10.5 Å². The summed E-state index contributed by atoms with van der Waals surface area (Å²) in [6, 6.07) is 6.15. The Morgan fingerprint density at radius 1 is 1.14 bits per heavy atom. The molecule has 0 unspecified atom stereocenters. The fourth-order valence-corrected chi connectivity index (χ4v) is 2.62. The third-order valence-electron chi connectivity index (χ3n) is 3.08. The lowest BCUT2D eigenvalue weighted by atomic mass is 9.96. The van der Waals surface area contributed by atoms with Crippen molar-refractivity contribution < 1.29 is 0 Å². The van der Waals surface area contributed by atoms with E-state index in [1.807, 2.05) is 12.1 Å². The molecule has 14 heavy (non-hydrogen) atoms. The lowest BCUT2D eigenvalue weighted by molar-refractivity contribution is 0.680. The van der Waals surface area contributed by atoms with Crippen LogP contribution in [-0.4, -0.2) is 4.98 Å². The van der Waals surface area contributed by atoms with Gasteiger partial charge in [0.25, 0.3) is 0 Å². The highest BCUT2D eigenvalue weighted by atomic mass is 35.5. The number of para-hydroxylation sites is 1. The first-order valence-electron chi connectivity index (χ1n) is 5.14. The van der Waals surface area contributed by atoms with E-state index in [2.05, 4.69) is 11.1 Å². The molecular formula is C12H12ClN. The van der Waals surface area contributed by atoms with Crippen molar-refractivity contribution in [3.63, 3.8) is 0 Å². The smallest absolute Gasteiger partial charge is 0.0648 e. The summed E-state index contributed by atoms with van der Waals surface area (Å²) in [6.07, 6.45) is 5.00. The van der Waals surface area contributed by atoms with Gasteiger partial charge in [0.15, 0.2) is 0 Å². The van der Waals surface area contributed by atoms with Crippen LogP contribution in [0.25, 0.3) is 10.9 Å². The molecule has 1 aromatic carbocycles. The van der Waals surface area contributed by atoms with Gasteiger partial charge in [-0.05, 0) is 37.3 Å². The molecule has 0 fully saturated rings. The molecule has 2 aromatic rings. The third-order valence-corrected chi connectivity index (χ3v) is 3.40. The Morgan fingerprint density at radius 3 is 2.93 bits per heavy atom. The number of H-pyrrole nitrogens is 1. The van der Waals surface area contributed by atoms with Gasteiger partial charge in [-0.2, -0.15) is 0 Å². The van der Waals surface area contributed by atoms with Crippen LogP contribution < -0.4 is 0 Å². The van der Waals surface area contributed by atoms with Crippen LogP contribution >= 0.6 is 11.6 Å². The second kappa shape index (κ2) is 3.03. The van der Waals surface area contributed by atoms with Crippen LogP contribution in [0, 0.1) is 0 Å². The molecule has 0 saturated heterocycles. The minimum atomic E-state index is 0.844. The zero-order valence-corrected chi connectivity index (χ0v) is 8.69. The highest BCUT2D eigenvalue weighted by Crippen LogP contribution is 2.32.